The number of para-hydroxylation sites is 5. The first-order valence-electron chi connectivity index (χ1n) is 46.1. The van der Waals surface area contributed by atoms with E-state index in [9.17, 15) is 0 Å². The number of fused-ring (bicyclic) bond motifs is 25. The van der Waals surface area contributed by atoms with Crippen LogP contribution in [0.25, 0.3) is 202 Å². The molecule has 26 aromatic rings. The van der Waals surface area contributed by atoms with Gasteiger partial charge in [-0.3, -0.25) is 4.90 Å². The molecule has 6 heterocycles. The average molecular weight is 1730 g/mol. The third-order valence-electron chi connectivity index (χ3n) is 28.7. The minimum Gasteiger partial charge on any atom is -0.453 e. The van der Waals surface area contributed by atoms with Crippen molar-refractivity contribution in [1.29, 1.82) is 0 Å². The van der Waals surface area contributed by atoms with Crippen LogP contribution in [0.1, 0.15) is 25.0 Å². The Kier molecular flexibility index (Phi) is 16.7. The van der Waals surface area contributed by atoms with Crippen molar-refractivity contribution in [3.05, 3.63) is 460 Å². The summed E-state index contributed by atoms with van der Waals surface area (Å²) in [5, 5.41) is 24.9. The van der Waals surface area contributed by atoms with Gasteiger partial charge in [0.2, 0.25) is 0 Å². The maximum absolute atomic E-state index is 6.69. The van der Waals surface area contributed by atoms with Gasteiger partial charge in [-0.25, -0.2) is 4.98 Å². The quantitative estimate of drug-likeness (QED) is 0.142. The topological polar surface area (TPSA) is 43.4 Å². The van der Waals surface area contributed by atoms with Crippen LogP contribution >= 0.6 is 11.8 Å². The van der Waals surface area contributed by atoms with Crippen molar-refractivity contribution in [3.8, 4) is 73.1 Å². The Morgan fingerprint density at radius 3 is 1.41 bits per heavy atom. The van der Waals surface area contributed by atoms with Gasteiger partial charge in [0.25, 0.3) is 0 Å². The highest BCUT2D eigenvalue weighted by molar-refractivity contribution is 7.99. The second kappa shape index (κ2) is 29.5. The molecule has 0 spiro atoms. The highest BCUT2D eigenvalue weighted by Gasteiger charge is 2.38. The molecule has 0 amide bonds. The van der Waals surface area contributed by atoms with E-state index in [-0.39, 0.29) is 5.41 Å². The minimum absolute atomic E-state index is 0.0773. The second-order valence-electron chi connectivity index (χ2n) is 36.5. The lowest BCUT2D eigenvalue weighted by Gasteiger charge is -2.33. The lowest BCUT2D eigenvalue weighted by Crippen LogP contribution is -2.16. The molecule has 29 rings (SSSR count). The van der Waals surface area contributed by atoms with Crippen molar-refractivity contribution in [3.63, 3.8) is 0 Å². The second-order valence-corrected chi connectivity index (χ2v) is 37.5. The van der Waals surface area contributed by atoms with Crippen molar-refractivity contribution in [2.24, 2.45) is 0 Å². The Hall–Kier alpha value is -17.0. The largest absolute Gasteiger partial charge is 0.453 e. The zero-order valence-electron chi connectivity index (χ0n) is 73.2. The summed E-state index contributed by atoms with van der Waals surface area (Å²) in [6.07, 6.45) is 1.88. The van der Waals surface area contributed by atoms with Gasteiger partial charge in [0.1, 0.15) is 5.82 Å². The summed E-state index contributed by atoms with van der Waals surface area (Å²) < 4.78 is 14.1. The standard InChI is InChI=1S/C69H42N4S.C57H38N2O/c1-2-14-43(15-3-1)46-27-32-62-65(41-46)74-66-42-47(28-33-63(66)72(62)67-24-12-13-35-70-67)44-26-31-61-58(40-44)55-20-8-10-22-59(55)71(61)52-30-25-45-39-57-50(37-51(45)38-52)29-34-64-68(57)56-21-9-11-23-60(56)73(64)69-53-18-6-4-16-48(53)36-49-17-5-7-19-54(49)69;1-57(2)48-17-7-5-15-43(48)45-27-23-39-30-36-22-26-41(31-40(36)33-46(39)56(45)57)58-50-18-8-6-16-44(50)47-32-37(24-28-51(47)58)38-25-29-53-55(34-38)60-54-21-10-9-19-52(54)59(53)49-20-11-13-35-12-3-4-14-42(35)49/h1-42H;3-34H,1-2H3. The van der Waals surface area contributed by atoms with Gasteiger partial charge < -0.3 is 23.3 Å². The summed E-state index contributed by atoms with van der Waals surface area (Å²) in [7, 11) is 0. The Balaban J connectivity index is 0.000000136. The Labute approximate surface area is 776 Å². The Bertz CT molecular complexity index is 9470. The van der Waals surface area contributed by atoms with Crippen LogP contribution in [-0.4, -0.2) is 18.7 Å². The molecule has 0 radical (unpaired) electrons. The van der Waals surface area contributed by atoms with E-state index in [1.165, 1.54) is 201 Å². The van der Waals surface area contributed by atoms with Gasteiger partial charge in [0, 0.05) is 81.3 Å². The van der Waals surface area contributed by atoms with Gasteiger partial charge in [-0.1, -0.05) is 299 Å². The predicted octanol–water partition coefficient (Wildman–Crippen LogP) is 34.9. The molecule has 626 valence electrons. The summed E-state index contributed by atoms with van der Waals surface area (Å²) in [6, 6.07) is 163. The monoisotopic (exact) mass is 1720 g/mol. The van der Waals surface area contributed by atoms with E-state index >= 15 is 0 Å². The van der Waals surface area contributed by atoms with Crippen molar-refractivity contribution in [2.45, 2.75) is 29.1 Å². The Morgan fingerprint density at radius 2 is 0.716 bits per heavy atom. The first-order valence-corrected chi connectivity index (χ1v) is 46.9. The highest BCUT2D eigenvalue weighted by Crippen LogP contribution is 2.57. The van der Waals surface area contributed by atoms with Gasteiger partial charge >= 0.3 is 0 Å². The predicted molar refractivity (Wildman–Crippen MR) is 564 cm³/mol. The Morgan fingerprint density at radius 1 is 0.246 bits per heavy atom. The lowest BCUT2D eigenvalue weighted by atomic mass is 9.80. The summed E-state index contributed by atoms with van der Waals surface area (Å²) in [5.41, 5.74) is 28.6. The molecule has 134 heavy (non-hydrogen) atoms. The molecule has 4 aromatic heterocycles. The number of ether oxygens (including phenoxy) is 1. The molecular formula is C126H80N6OS. The van der Waals surface area contributed by atoms with E-state index in [0.717, 1.165) is 68.3 Å². The molecule has 7 nitrogen and oxygen atoms in total. The van der Waals surface area contributed by atoms with E-state index in [0.29, 0.717) is 0 Å². The first-order chi connectivity index (χ1) is 66.2. The molecule has 0 N–H and O–H groups in total. The molecule has 3 aliphatic rings. The summed E-state index contributed by atoms with van der Waals surface area (Å²) in [5.74, 6) is 2.58. The number of aromatic nitrogens is 4. The fourth-order valence-corrected chi connectivity index (χ4v) is 23.8. The summed E-state index contributed by atoms with van der Waals surface area (Å²) in [4.78, 5) is 11.9. The third kappa shape index (κ3) is 11.7. The fraction of sp³-hybridized carbons (Fsp3) is 0.0238. The van der Waals surface area contributed by atoms with Crippen LogP contribution in [0.5, 0.6) is 11.5 Å². The van der Waals surface area contributed by atoms with E-state index in [1.807, 2.05) is 30.1 Å². The van der Waals surface area contributed by atoms with Gasteiger partial charge in [0.15, 0.2) is 11.5 Å². The average Bonchev–Trinajstić information content (AvgIpc) is 1.54. The van der Waals surface area contributed by atoms with E-state index in [4.69, 9.17) is 9.72 Å². The molecule has 0 bridgehead atoms. The molecule has 0 saturated heterocycles. The number of hydrogen-bond donors (Lipinski definition) is 0. The highest BCUT2D eigenvalue weighted by atomic mass is 32.2. The molecule has 22 aromatic carbocycles. The van der Waals surface area contributed by atoms with Crippen molar-refractivity contribution in [2.75, 3.05) is 9.80 Å². The van der Waals surface area contributed by atoms with Gasteiger partial charge in [-0.2, -0.15) is 0 Å². The molecular weight excluding hydrogens is 1650 g/mol. The number of benzene rings is 22. The van der Waals surface area contributed by atoms with Gasteiger partial charge in [0.05, 0.1) is 67.2 Å². The number of nitrogens with zero attached hydrogens (tertiary/aromatic N) is 6. The molecule has 0 atom stereocenters. The smallest absolute Gasteiger partial charge is 0.152 e. The van der Waals surface area contributed by atoms with Crippen molar-refractivity contribution < 1.29 is 4.74 Å². The van der Waals surface area contributed by atoms with E-state index < -0.39 is 0 Å². The van der Waals surface area contributed by atoms with E-state index in [1.54, 1.807) is 0 Å². The van der Waals surface area contributed by atoms with Crippen LogP contribution in [0.2, 0.25) is 0 Å². The van der Waals surface area contributed by atoms with Crippen LogP contribution in [-0.2, 0) is 5.41 Å². The van der Waals surface area contributed by atoms with Gasteiger partial charge in [-0.05, 0) is 285 Å². The lowest BCUT2D eigenvalue weighted by molar-refractivity contribution is 0.477. The third-order valence-corrected chi connectivity index (χ3v) is 29.8. The minimum atomic E-state index is -0.0773. The van der Waals surface area contributed by atoms with E-state index in [2.05, 4.69) is 468 Å². The fourth-order valence-electron chi connectivity index (χ4n) is 22.6. The zero-order chi connectivity index (χ0) is 88.1. The molecule has 0 unspecified atom stereocenters. The normalized spacial score (nSPS) is 13.1. The van der Waals surface area contributed by atoms with Crippen LogP contribution in [0.3, 0.4) is 0 Å². The van der Waals surface area contributed by atoms with Crippen molar-refractivity contribution in [1.82, 2.24) is 18.7 Å². The summed E-state index contributed by atoms with van der Waals surface area (Å²) >= 11 is 1.83. The number of rotatable bonds is 8. The maximum Gasteiger partial charge on any atom is 0.152 e. The molecule has 2 aliphatic heterocycles. The molecule has 0 fully saturated rings. The molecule has 0 saturated carbocycles. The molecule has 1 aliphatic carbocycles. The van der Waals surface area contributed by atoms with Crippen LogP contribution in [0, 0.1) is 0 Å². The molecule has 8 heteroatoms. The maximum atomic E-state index is 6.69. The van der Waals surface area contributed by atoms with Crippen LogP contribution < -0.4 is 14.5 Å². The number of anilines is 6. The zero-order valence-corrected chi connectivity index (χ0v) is 74.0. The first kappa shape index (κ1) is 75.9. The van der Waals surface area contributed by atoms with Gasteiger partial charge in [-0.15, -0.1) is 0 Å². The van der Waals surface area contributed by atoms with Crippen LogP contribution in [0.4, 0.5) is 34.3 Å². The summed E-state index contributed by atoms with van der Waals surface area (Å²) in [6.45, 7) is 4.75. The van der Waals surface area contributed by atoms with Crippen molar-refractivity contribution >= 4 is 187 Å². The SMILES string of the molecule is CC1(C)c2ccccc2-c2ccc3cc4ccc(-n5c6ccccc6c6cc(-c7ccc8c(c7)Oc7ccccc7N8c7cccc8ccccc78)ccc65)cc4cc3c21.c1ccc(-c2ccc3c(c2)Sc2cc(-c4ccc5c(c4)c4ccccc4n5-c4ccc5cc6c(ccc7c6c6ccccc6n7-c6c7ccccc7cc7ccccc67)cc5c4)ccc2N3c2ccccn2)cc1. The number of hydrogen-bond acceptors (Lipinski definition) is 5. The number of pyridine rings is 1. The van der Waals surface area contributed by atoms with Crippen LogP contribution in [0.15, 0.2) is 459 Å².